The number of piperidine rings is 1. The lowest BCUT2D eigenvalue weighted by molar-refractivity contribution is -0.116. The number of para-hydroxylation sites is 1. The molecule has 1 amide bonds. The molecule has 0 aromatic heterocycles. The highest BCUT2D eigenvalue weighted by Crippen LogP contribution is 2.21. The Labute approximate surface area is 161 Å². The van der Waals surface area contributed by atoms with Crippen LogP contribution >= 0.6 is 0 Å². The highest BCUT2D eigenvalue weighted by atomic mass is 32.2. The number of carbonyl (C=O) groups excluding carboxylic acids is 1. The summed E-state index contributed by atoms with van der Waals surface area (Å²) in [6.45, 7) is 3.16. The molecule has 1 N–H and O–H groups in total. The molecule has 1 fully saturated rings. The second kappa shape index (κ2) is 8.67. The average Bonchev–Trinajstić information content (AvgIpc) is 2.69. The van der Waals surface area contributed by atoms with Crippen molar-refractivity contribution >= 4 is 21.6 Å². The van der Waals surface area contributed by atoms with E-state index in [1.165, 1.54) is 0 Å². The van der Waals surface area contributed by atoms with Crippen LogP contribution in [0, 0.1) is 6.92 Å². The van der Waals surface area contributed by atoms with Gasteiger partial charge in [-0.05, 0) is 55.5 Å². The molecule has 1 saturated heterocycles. The van der Waals surface area contributed by atoms with E-state index in [1.54, 1.807) is 28.6 Å². The minimum atomic E-state index is -3.40. The van der Waals surface area contributed by atoms with Gasteiger partial charge in [0.1, 0.15) is 0 Å². The van der Waals surface area contributed by atoms with Crippen molar-refractivity contribution in [2.24, 2.45) is 0 Å². The van der Waals surface area contributed by atoms with E-state index in [0.29, 0.717) is 30.8 Å². The van der Waals surface area contributed by atoms with Crippen LogP contribution in [0.4, 0.5) is 5.69 Å². The zero-order valence-electron chi connectivity index (χ0n) is 15.6. The van der Waals surface area contributed by atoms with Crippen LogP contribution in [-0.2, 0) is 21.2 Å². The molecule has 144 valence electrons. The summed E-state index contributed by atoms with van der Waals surface area (Å²) in [5.74, 6) is -0.0469. The van der Waals surface area contributed by atoms with Crippen molar-refractivity contribution in [1.29, 1.82) is 0 Å². The quantitative estimate of drug-likeness (QED) is 0.822. The van der Waals surface area contributed by atoms with Gasteiger partial charge in [0.2, 0.25) is 15.9 Å². The number of anilines is 1. The van der Waals surface area contributed by atoms with E-state index < -0.39 is 10.0 Å². The zero-order chi connectivity index (χ0) is 19.3. The number of nitrogens with one attached hydrogen (secondary N) is 1. The van der Waals surface area contributed by atoms with Crippen molar-refractivity contribution in [1.82, 2.24) is 4.31 Å². The Morgan fingerprint density at radius 3 is 2.33 bits per heavy atom. The molecule has 3 rings (SSSR count). The molecule has 0 radical (unpaired) electrons. The van der Waals surface area contributed by atoms with Gasteiger partial charge in [0.05, 0.1) is 4.90 Å². The molecule has 1 heterocycles. The van der Waals surface area contributed by atoms with Gasteiger partial charge in [-0.25, -0.2) is 8.42 Å². The number of sulfonamides is 1. The fourth-order valence-electron chi connectivity index (χ4n) is 3.27. The van der Waals surface area contributed by atoms with Gasteiger partial charge in [-0.15, -0.1) is 0 Å². The summed E-state index contributed by atoms with van der Waals surface area (Å²) in [6.07, 6.45) is 3.87. The van der Waals surface area contributed by atoms with E-state index in [4.69, 9.17) is 0 Å². The molecule has 0 unspecified atom stereocenters. The van der Waals surface area contributed by atoms with Crippen LogP contribution in [-0.4, -0.2) is 31.7 Å². The van der Waals surface area contributed by atoms with Crippen LogP contribution < -0.4 is 5.32 Å². The van der Waals surface area contributed by atoms with Gasteiger partial charge >= 0.3 is 0 Å². The highest BCUT2D eigenvalue weighted by Gasteiger charge is 2.25. The van der Waals surface area contributed by atoms with E-state index in [0.717, 1.165) is 36.1 Å². The number of aryl methyl sites for hydroxylation is 2. The number of hydrogen-bond donors (Lipinski definition) is 1. The first-order valence-electron chi connectivity index (χ1n) is 9.41. The summed E-state index contributed by atoms with van der Waals surface area (Å²) in [4.78, 5) is 12.5. The summed E-state index contributed by atoms with van der Waals surface area (Å²) in [5.41, 5.74) is 2.80. The van der Waals surface area contributed by atoms with E-state index in [2.05, 4.69) is 5.32 Å². The van der Waals surface area contributed by atoms with Crippen molar-refractivity contribution < 1.29 is 13.2 Å². The Morgan fingerprint density at radius 2 is 1.67 bits per heavy atom. The minimum Gasteiger partial charge on any atom is -0.326 e. The van der Waals surface area contributed by atoms with Gasteiger partial charge in [-0.2, -0.15) is 4.31 Å². The van der Waals surface area contributed by atoms with E-state index in [9.17, 15) is 13.2 Å². The minimum absolute atomic E-state index is 0.0469. The zero-order valence-corrected chi connectivity index (χ0v) is 16.5. The Kier molecular flexibility index (Phi) is 6.29. The molecule has 1 aliphatic heterocycles. The number of carbonyl (C=O) groups is 1. The normalized spacial score (nSPS) is 15.4. The van der Waals surface area contributed by atoms with Gasteiger partial charge in [0.15, 0.2) is 0 Å². The molecule has 0 bridgehead atoms. The number of nitrogens with zero attached hydrogens (tertiary/aromatic N) is 1. The maximum Gasteiger partial charge on any atom is 0.243 e. The number of amides is 1. The molecule has 6 heteroatoms. The third kappa shape index (κ3) is 4.96. The molecular formula is C21H26N2O3S. The largest absolute Gasteiger partial charge is 0.326 e. The highest BCUT2D eigenvalue weighted by molar-refractivity contribution is 7.89. The third-order valence-electron chi connectivity index (χ3n) is 4.94. The van der Waals surface area contributed by atoms with Gasteiger partial charge in [0.25, 0.3) is 0 Å². The molecule has 2 aromatic rings. The predicted octanol–water partition coefficient (Wildman–Crippen LogP) is 3.74. The maximum absolute atomic E-state index is 12.7. The lowest BCUT2D eigenvalue weighted by atomic mass is 10.1. The molecule has 5 nitrogen and oxygen atoms in total. The second-order valence-corrected chi connectivity index (χ2v) is 8.91. The van der Waals surface area contributed by atoms with Crippen LogP contribution in [0.1, 0.15) is 36.8 Å². The Hall–Kier alpha value is -2.18. The van der Waals surface area contributed by atoms with Crippen molar-refractivity contribution in [2.45, 2.75) is 43.9 Å². The fourth-order valence-corrected chi connectivity index (χ4v) is 4.78. The van der Waals surface area contributed by atoms with Crippen LogP contribution in [0.15, 0.2) is 53.4 Å². The smallest absolute Gasteiger partial charge is 0.243 e. The first-order valence-corrected chi connectivity index (χ1v) is 10.9. The average molecular weight is 387 g/mol. The lowest BCUT2D eigenvalue weighted by Crippen LogP contribution is -2.35. The van der Waals surface area contributed by atoms with Gasteiger partial charge in [-0.1, -0.05) is 36.8 Å². The predicted molar refractivity (Wildman–Crippen MR) is 107 cm³/mol. The van der Waals surface area contributed by atoms with Crippen molar-refractivity contribution in [3.63, 3.8) is 0 Å². The molecule has 2 aromatic carbocycles. The first kappa shape index (κ1) is 19.6. The van der Waals surface area contributed by atoms with Crippen molar-refractivity contribution in [2.75, 3.05) is 18.4 Å². The van der Waals surface area contributed by atoms with Crippen molar-refractivity contribution in [3.05, 3.63) is 59.7 Å². The van der Waals surface area contributed by atoms with Crippen LogP contribution in [0.5, 0.6) is 0 Å². The second-order valence-electron chi connectivity index (χ2n) is 6.97. The number of benzene rings is 2. The Bertz CT molecular complexity index is 886. The summed E-state index contributed by atoms with van der Waals surface area (Å²) >= 11 is 0. The molecule has 0 saturated carbocycles. The Balaban J connectivity index is 1.57. The van der Waals surface area contributed by atoms with E-state index in [-0.39, 0.29) is 5.91 Å². The van der Waals surface area contributed by atoms with E-state index >= 15 is 0 Å². The standard InChI is InChI=1S/C21H26N2O3S/c1-17-7-3-4-8-20(17)22-21(24)14-11-18-9-12-19(13-10-18)27(25,26)23-15-5-2-6-16-23/h3-4,7-10,12-13H,2,5-6,11,14-16H2,1H3,(H,22,24). The van der Waals surface area contributed by atoms with Crippen LogP contribution in [0.2, 0.25) is 0 Å². The topological polar surface area (TPSA) is 66.5 Å². The first-order chi connectivity index (χ1) is 13.0. The third-order valence-corrected chi connectivity index (χ3v) is 6.85. The molecule has 0 aliphatic carbocycles. The van der Waals surface area contributed by atoms with E-state index in [1.807, 2.05) is 31.2 Å². The monoisotopic (exact) mass is 386 g/mol. The molecular weight excluding hydrogens is 360 g/mol. The van der Waals surface area contributed by atoms with Gasteiger partial charge < -0.3 is 5.32 Å². The molecule has 27 heavy (non-hydrogen) atoms. The molecule has 0 spiro atoms. The Morgan fingerprint density at radius 1 is 1.00 bits per heavy atom. The SMILES string of the molecule is Cc1ccccc1NC(=O)CCc1ccc(S(=O)(=O)N2CCCCC2)cc1. The molecule has 1 aliphatic rings. The van der Waals surface area contributed by atoms with Crippen molar-refractivity contribution in [3.8, 4) is 0 Å². The van der Waals surface area contributed by atoms with Crippen LogP contribution in [0.3, 0.4) is 0 Å². The maximum atomic E-state index is 12.7. The summed E-state index contributed by atoms with van der Waals surface area (Å²) in [7, 11) is -3.40. The molecule has 0 atom stereocenters. The fraction of sp³-hybridized carbons (Fsp3) is 0.381. The summed E-state index contributed by atoms with van der Waals surface area (Å²) < 4.78 is 26.9. The summed E-state index contributed by atoms with van der Waals surface area (Å²) in [6, 6.07) is 14.6. The lowest BCUT2D eigenvalue weighted by Gasteiger charge is -2.25. The van der Waals surface area contributed by atoms with Gasteiger partial charge in [0, 0.05) is 25.2 Å². The number of hydrogen-bond acceptors (Lipinski definition) is 3. The van der Waals surface area contributed by atoms with Crippen LogP contribution in [0.25, 0.3) is 0 Å². The summed E-state index contributed by atoms with van der Waals surface area (Å²) in [5, 5.41) is 2.92. The number of rotatable bonds is 6. The van der Waals surface area contributed by atoms with Gasteiger partial charge in [-0.3, -0.25) is 4.79 Å².